The lowest BCUT2D eigenvalue weighted by molar-refractivity contribution is -0.121. The van der Waals surface area contributed by atoms with Gasteiger partial charge in [-0.05, 0) is 12.1 Å². The van der Waals surface area contributed by atoms with Gasteiger partial charge in [-0.25, -0.2) is 0 Å². The number of hydrogen-bond donors (Lipinski definition) is 1. The first-order chi connectivity index (χ1) is 8.75. The number of benzene rings is 1. The molecule has 0 spiro atoms. The molecule has 0 bridgehead atoms. The normalized spacial score (nSPS) is 14.2. The number of carbonyl (C=O) groups is 1. The molecule has 0 fully saturated rings. The fourth-order valence-corrected chi connectivity index (χ4v) is 2.24. The Morgan fingerprint density at radius 1 is 1.44 bits per heavy atom. The smallest absolute Gasteiger partial charge is 0.265 e. The summed E-state index contributed by atoms with van der Waals surface area (Å²) in [7, 11) is 0. The first-order valence-electron chi connectivity index (χ1n) is 5.34. The highest BCUT2D eigenvalue weighted by molar-refractivity contribution is 7.09. The lowest BCUT2D eigenvalue weighted by Crippen LogP contribution is -2.38. The number of nitrogens with zero attached hydrogens (tertiary/aromatic N) is 3. The molecule has 18 heavy (non-hydrogen) atoms. The second-order valence-corrected chi connectivity index (χ2v) is 4.61. The van der Waals surface area contributed by atoms with Crippen molar-refractivity contribution < 1.29 is 9.53 Å². The number of para-hydroxylation sites is 2. The zero-order chi connectivity index (χ0) is 12.5. The minimum atomic E-state index is -0.110. The largest absolute Gasteiger partial charge is 0.482 e. The Labute approximate surface area is 107 Å². The van der Waals surface area contributed by atoms with Gasteiger partial charge in [-0.15, -0.1) is 5.10 Å². The lowest BCUT2D eigenvalue weighted by atomic mass is 10.2. The van der Waals surface area contributed by atoms with Crippen LogP contribution in [0.3, 0.4) is 0 Å². The van der Waals surface area contributed by atoms with Crippen LogP contribution in [-0.4, -0.2) is 22.1 Å². The van der Waals surface area contributed by atoms with Gasteiger partial charge in [0.05, 0.1) is 12.2 Å². The predicted molar refractivity (Wildman–Crippen MR) is 67.4 cm³/mol. The monoisotopic (exact) mass is 262 g/mol. The van der Waals surface area contributed by atoms with Gasteiger partial charge in [0.25, 0.3) is 5.91 Å². The standard InChI is InChI=1S/C11H10N4O2S/c12-11-7(13-14-18-11)5-15-8-3-1-2-4-9(8)17-6-10(15)16/h1-4H,5-6,12H2. The fourth-order valence-electron chi connectivity index (χ4n) is 1.80. The summed E-state index contributed by atoms with van der Waals surface area (Å²) in [5.74, 6) is 0.583. The maximum Gasteiger partial charge on any atom is 0.265 e. The number of carbonyl (C=O) groups excluding carboxylic acids is 1. The molecule has 2 heterocycles. The van der Waals surface area contributed by atoms with Crippen molar-refractivity contribution in [3.8, 4) is 5.75 Å². The van der Waals surface area contributed by atoms with Crippen LogP contribution in [0, 0.1) is 0 Å². The summed E-state index contributed by atoms with van der Waals surface area (Å²) in [6, 6.07) is 7.39. The molecule has 2 N–H and O–H groups in total. The van der Waals surface area contributed by atoms with Gasteiger partial charge in [-0.3, -0.25) is 9.69 Å². The van der Waals surface area contributed by atoms with Gasteiger partial charge in [0.1, 0.15) is 16.4 Å². The average Bonchev–Trinajstić information content (AvgIpc) is 2.79. The summed E-state index contributed by atoms with van der Waals surface area (Å²) in [6.07, 6.45) is 0. The zero-order valence-electron chi connectivity index (χ0n) is 9.37. The molecule has 0 unspecified atom stereocenters. The Morgan fingerprint density at radius 2 is 2.28 bits per heavy atom. The molecular weight excluding hydrogens is 252 g/mol. The van der Waals surface area contributed by atoms with Gasteiger partial charge in [0.15, 0.2) is 6.61 Å². The van der Waals surface area contributed by atoms with Gasteiger partial charge in [-0.1, -0.05) is 16.6 Å². The summed E-state index contributed by atoms with van der Waals surface area (Å²) in [5.41, 5.74) is 7.10. The molecule has 1 amide bonds. The number of nitrogen functional groups attached to an aromatic ring is 1. The van der Waals surface area contributed by atoms with Crippen molar-refractivity contribution in [2.75, 3.05) is 17.2 Å². The molecule has 1 aromatic carbocycles. The Bertz CT molecular complexity index is 598. The highest BCUT2D eigenvalue weighted by Gasteiger charge is 2.26. The average molecular weight is 262 g/mol. The second-order valence-electron chi connectivity index (χ2n) is 3.82. The summed E-state index contributed by atoms with van der Waals surface area (Å²) >= 11 is 1.12. The van der Waals surface area contributed by atoms with E-state index in [9.17, 15) is 4.79 Å². The van der Waals surface area contributed by atoms with Gasteiger partial charge < -0.3 is 10.5 Å². The van der Waals surface area contributed by atoms with Crippen LogP contribution in [0.4, 0.5) is 10.7 Å². The molecule has 0 aliphatic carbocycles. The SMILES string of the molecule is Nc1snnc1CN1C(=O)COc2ccccc21. The lowest BCUT2D eigenvalue weighted by Gasteiger charge is -2.28. The molecule has 1 aromatic heterocycles. The van der Waals surface area contributed by atoms with Crippen molar-refractivity contribution in [1.29, 1.82) is 0 Å². The summed E-state index contributed by atoms with van der Waals surface area (Å²) in [6.45, 7) is 0.357. The third-order valence-corrected chi connectivity index (χ3v) is 3.30. The number of fused-ring (bicyclic) bond motifs is 1. The summed E-state index contributed by atoms with van der Waals surface area (Å²) < 4.78 is 9.13. The van der Waals surface area contributed by atoms with Crippen molar-refractivity contribution in [2.45, 2.75) is 6.54 Å². The Balaban J connectivity index is 1.96. The second kappa shape index (κ2) is 4.26. The van der Waals surface area contributed by atoms with E-state index in [1.165, 1.54) is 0 Å². The van der Waals surface area contributed by atoms with E-state index in [0.717, 1.165) is 17.2 Å². The Kier molecular flexibility index (Phi) is 2.60. The molecule has 3 rings (SSSR count). The highest BCUT2D eigenvalue weighted by atomic mass is 32.1. The predicted octanol–water partition coefficient (Wildman–Crippen LogP) is 1.05. The van der Waals surface area contributed by atoms with E-state index in [1.807, 2.05) is 24.3 Å². The van der Waals surface area contributed by atoms with E-state index >= 15 is 0 Å². The number of hydrogen-bond acceptors (Lipinski definition) is 6. The highest BCUT2D eigenvalue weighted by Crippen LogP contribution is 2.33. The quantitative estimate of drug-likeness (QED) is 0.874. The molecule has 92 valence electrons. The van der Waals surface area contributed by atoms with Crippen LogP contribution in [0.15, 0.2) is 24.3 Å². The maximum absolute atomic E-state index is 11.9. The van der Waals surface area contributed by atoms with Crippen molar-refractivity contribution in [3.63, 3.8) is 0 Å². The molecule has 2 aromatic rings. The number of anilines is 2. The molecule has 6 nitrogen and oxygen atoms in total. The number of amides is 1. The Hall–Kier alpha value is -2.15. The zero-order valence-corrected chi connectivity index (χ0v) is 10.2. The van der Waals surface area contributed by atoms with Crippen molar-refractivity contribution in [3.05, 3.63) is 30.0 Å². The summed E-state index contributed by atoms with van der Waals surface area (Å²) in [4.78, 5) is 13.5. The molecule has 0 radical (unpaired) electrons. The van der Waals surface area contributed by atoms with Crippen LogP contribution in [0.2, 0.25) is 0 Å². The number of aromatic nitrogens is 2. The van der Waals surface area contributed by atoms with Gasteiger partial charge in [0, 0.05) is 11.5 Å². The van der Waals surface area contributed by atoms with Gasteiger partial charge >= 0.3 is 0 Å². The number of ether oxygens (including phenoxy) is 1. The number of nitrogens with two attached hydrogens (primary N) is 1. The first-order valence-corrected chi connectivity index (χ1v) is 6.12. The van der Waals surface area contributed by atoms with Crippen LogP contribution < -0.4 is 15.4 Å². The number of rotatable bonds is 2. The van der Waals surface area contributed by atoms with Crippen molar-refractivity contribution in [2.24, 2.45) is 0 Å². The van der Waals surface area contributed by atoms with Crippen LogP contribution in [0.5, 0.6) is 5.75 Å². The molecule has 0 saturated carbocycles. The third kappa shape index (κ3) is 1.78. The van der Waals surface area contributed by atoms with E-state index < -0.39 is 0 Å². The third-order valence-electron chi connectivity index (χ3n) is 2.70. The molecule has 1 aliphatic heterocycles. The molecule has 1 aliphatic rings. The van der Waals surface area contributed by atoms with E-state index in [-0.39, 0.29) is 12.5 Å². The van der Waals surface area contributed by atoms with E-state index in [1.54, 1.807) is 4.90 Å². The molecular formula is C11H10N4O2S. The maximum atomic E-state index is 11.9. The van der Waals surface area contributed by atoms with Crippen molar-refractivity contribution >= 4 is 28.1 Å². The molecule has 0 atom stereocenters. The van der Waals surface area contributed by atoms with E-state index in [4.69, 9.17) is 10.5 Å². The van der Waals surface area contributed by atoms with Crippen LogP contribution >= 0.6 is 11.5 Å². The minimum absolute atomic E-state index is 0.0362. The Morgan fingerprint density at radius 3 is 3.06 bits per heavy atom. The van der Waals surface area contributed by atoms with Gasteiger partial charge in [0.2, 0.25) is 0 Å². The summed E-state index contributed by atoms with van der Waals surface area (Å²) in [5, 5.41) is 4.46. The van der Waals surface area contributed by atoms with Crippen LogP contribution in [0.1, 0.15) is 5.69 Å². The van der Waals surface area contributed by atoms with E-state index in [2.05, 4.69) is 9.59 Å². The van der Waals surface area contributed by atoms with Crippen LogP contribution in [0.25, 0.3) is 0 Å². The van der Waals surface area contributed by atoms with Crippen molar-refractivity contribution in [1.82, 2.24) is 9.59 Å². The molecule has 0 saturated heterocycles. The van der Waals surface area contributed by atoms with Crippen LogP contribution in [-0.2, 0) is 11.3 Å². The van der Waals surface area contributed by atoms with Gasteiger partial charge in [-0.2, -0.15) is 0 Å². The first kappa shape index (κ1) is 11.0. The minimum Gasteiger partial charge on any atom is -0.482 e. The molecule has 7 heteroatoms. The van der Waals surface area contributed by atoms with E-state index in [0.29, 0.717) is 23.0 Å². The topological polar surface area (TPSA) is 81.3 Å². The fraction of sp³-hybridized carbons (Fsp3) is 0.182.